The van der Waals surface area contributed by atoms with Gasteiger partial charge in [0, 0.05) is 19.5 Å². The molecule has 3 heteroatoms. The number of nitriles is 1. The van der Waals surface area contributed by atoms with Gasteiger partial charge in [-0.3, -0.25) is 4.79 Å². The number of likely N-dealkylation sites (tertiary alicyclic amines) is 1. The van der Waals surface area contributed by atoms with Crippen molar-refractivity contribution < 1.29 is 4.79 Å². The zero-order chi connectivity index (χ0) is 7.56. The maximum absolute atomic E-state index is 10.9. The van der Waals surface area contributed by atoms with Gasteiger partial charge in [-0.15, -0.1) is 0 Å². The van der Waals surface area contributed by atoms with E-state index >= 15 is 0 Å². The molecule has 0 aromatic carbocycles. The standard InChI is InChI=1S/C7H10N2O/c1-9-3-2-7(10)6(4-8)5-9/h6H,2-3,5H2,1H3. The lowest BCUT2D eigenvalue weighted by Crippen LogP contribution is -2.37. The predicted octanol–water partition coefficient (Wildman–Crippen LogP) is 0.0308. The van der Waals surface area contributed by atoms with E-state index in [1.807, 2.05) is 18.0 Å². The van der Waals surface area contributed by atoms with Crippen LogP contribution in [0.4, 0.5) is 0 Å². The molecule has 0 N–H and O–H groups in total. The van der Waals surface area contributed by atoms with Gasteiger partial charge in [0.2, 0.25) is 0 Å². The third kappa shape index (κ3) is 1.34. The molecule has 1 aliphatic heterocycles. The predicted molar refractivity (Wildman–Crippen MR) is 36.2 cm³/mol. The minimum Gasteiger partial charge on any atom is -0.304 e. The lowest BCUT2D eigenvalue weighted by molar-refractivity contribution is -0.123. The van der Waals surface area contributed by atoms with Crippen LogP contribution in [0.3, 0.4) is 0 Å². The van der Waals surface area contributed by atoms with Gasteiger partial charge < -0.3 is 4.90 Å². The molecule has 1 heterocycles. The molecule has 1 saturated heterocycles. The first-order chi connectivity index (χ1) is 4.74. The zero-order valence-corrected chi connectivity index (χ0v) is 6.00. The quantitative estimate of drug-likeness (QED) is 0.474. The van der Waals surface area contributed by atoms with Crippen molar-refractivity contribution >= 4 is 5.78 Å². The van der Waals surface area contributed by atoms with Gasteiger partial charge >= 0.3 is 0 Å². The van der Waals surface area contributed by atoms with Gasteiger partial charge in [-0.1, -0.05) is 0 Å². The topological polar surface area (TPSA) is 44.1 Å². The fourth-order valence-corrected chi connectivity index (χ4v) is 1.09. The molecule has 0 aliphatic carbocycles. The van der Waals surface area contributed by atoms with E-state index < -0.39 is 0 Å². The summed E-state index contributed by atoms with van der Waals surface area (Å²) in [7, 11) is 1.93. The Labute approximate surface area is 60.2 Å². The Hall–Kier alpha value is -0.880. The highest BCUT2D eigenvalue weighted by Crippen LogP contribution is 2.09. The Kier molecular flexibility index (Phi) is 2.03. The van der Waals surface area contributed by atoms with E-state index in [4.69, 9.17) is 5.26 Å². The molecular formula is C7H10N2O. The average molecular weight is 138 g/mol. The average Bonchev–Trinajstić information content (AvgIpc) is 1.94. The van der Waals surface area contributed by atoms with Crippen LogP contribution in [-0.2, 0) is 4.79 Å². The van der Waals surface area contributed by atoms with Crippen LogP contribution in [0.2, 0.25) is 0 Å². The number of carbonyl (C=O) groups is 1. The molecular weight excluding hydrogens is 128 g/mol. The highest BCUT2D eigenvalue weighted by molar-refractivity contribution is 5.84. The molecule has 54 valence electrons. The summed E-state index contributed by atoms with van der Waals surface area (Å²) in [5.41, 5.74) is 0. The third-order valence-electron chi connectivity index (χ3n) is 1.78. The molecule has 0 amide bonds. The van der Waals surface area contributed by atoms with Crippen molar-refractivity contribution in [1.82, 2.24) is 4.90 Å². The first kappa shape index (κ1) is 7.23. The second-order valence-corrected chi connectivity index (χ2v) is 2.66. The van der Waals surface area contributed by atoms with Gasteiger partial charge in [0.05, 0.1) is 6.07 Å². The number of hydrogen-bond donors (Lipinski definition) is 0. The number of rotatable bonds is 0. The number of nitrogens with zero attached hydrogens (tertiary/aromatic N) is 2. The minimum absolute atomic E-state index is 0.0978. The molecule has 0 saturated carbocycles. The van der Waals surface area contributed by atoms with Crippen molar-refractivity contribution in [1.29, 1.82) is 5.26 Å². The van der Waals surface area contributed by atoms with Crippen LogP contribution in [0.25, 0.3) is 0 Å². The summed E-state index contributed by atoms with van der Waals surface area (Å²) in [6.07, 6.45) is 0.536. The fourth-order valence-electron chi connectivity index (χ4n) is 1.09. The number of ketones is 1. The molecule has 3 nitrogen and oxygen atoms in total. The summed E-state index contributed by atoms with van der Waals surface area (Å²) in [6, 6.07) is 1.99. The van der Waals surface area contributed by atoms with Gasteiger partial charge in [0.15, 0.2) is 5.78 Å². The van der Waals surface area contributed by atoms with Crippen molar-refractivity contribution in [2.45, 2.75) is 6.42 Å². The van der Waals surface area contributed by atoms with Crippen LogP contribution in [-0.4, -0.2) is 30.8 Å². The van der Waals surface area contributed by atoms with Crippen LogP contribution in [0, 0.1) is 17.2 Å². The monoisotopic (exact) mass is 138 g/mol. The molecule has 0 aromatic heterocycles. The fraction of sp³-hybridized carbons (Fsp3) is 0.714. The normalized spacial score (nSPS) is 28.0. The Bertz CT molecular complexity index is 183. The van der Waals surface area contributed by atoms with Gasteiger partial charge in [-0.2, -0.15) is 5.26 Å². The van der Waals surface area contributed by atoms with Crippen LogP contribution >= 0.6 is 0 Å². The highest BCUT2D eigenvalue weighted by Gasteiger charge is 2.24. The second kappa shape index (κ2) is 2.80. The van der Waals surface area contributed by atoms with Crippen molar-refractivity contribution in [3.8, 4) is 6.07 Å². The number of Topliss-reactive ketones (excluding diaryl/α,β-unsaturated/α-hetero) is 1. The van der Waals surface area contributed by atoms with E-state index in [0.717, 1.165) is 6.54 Å². The summed E-state index contributed by atoms with van der Waals surface area (Å²) in [6.45, 7) is 1.41. The summed E-state index contributed by atoms with van der Waals surface area (Å²) in [5.74, 6) is -0.278. The van der Waals surface area contributed by atoms with Crippen LogP contribution in [0.15, 0.2) is 0 Å². The van der Waals surface area contributed by atoms with Crippen LogP contribution in [0.1, 0.15) is 6.42 Å². The van der Waals surface area contributed by atoms with Crippen molar-refractivity contribution in [2.24, 2.45) is 5.92 Å². The van der Waals surface area contributed by atoms with Gasteiger partial charge in [0.1, 0.15) is 5.92 Å². The largest absolute Gasteiger partial charge is 0.304 e. The summed E-state index contributed by atoms with van der Waals surface area (Å²) in [4.78, 5) is 12.9. The molecule has 0 radical (unpaired) electrons. The van der Waals surface area contributed by atoms with Gasteiger partial charge in [0.25, 0.3) is 0 Å². The molecule has 0 bridgehead atoms. The van der Waals surface area contributed by atoms with Crippen molar-refractivity contribution in [3.63, 3.8) is 0 Å². The maximum Gasteiger partial charge on any atom is 0.152 e. The SMILES string of the molecule is CN1CCC(=O)C(C#N)C1. The number of hydrogen-bond acceptors (Lipinski definition) is 3. The highest BCUT2D eigenvalue weighted by atomic mass is 16.1. The third-order valence-corrected chi connectivity index (χ3v) is 1.78. The maximum atomic E-state index is 10.9. The molecule has 0 spiro atoms. The Morgan fingerprint density at radius 2 is 2.50 bits per heavy atom. The number of carbonyl (C=O) groups excluding carboxylic acids is 1. The van der Waals surface area contributed by atoms with E-state index in [9.17, 15) is 4.79 Å². The van der Waals surface area contributed by atoms with Gasteiger partial charge in [-0.05, 0) is 7.05 Å². The van der Waals surface area contributed by atoms with Crippen molar-refractivity contribution in [3.05, 3.63) is 0 Å². The molecule has 1 fully saturated rings. The zero-order valence-electron chi connectivity index (χ0n) is 6.00. The van der Waals surface area contributed by atoms with E-state index in [1.165, 1.54) is 0 Å². The van der Waals surface area contributed by atoms with E-state index in [2.05, 4.69) is 0 Å². The van der Waals surface area contributed by atoms with E-state index in [0.29, 0.717) is 13.0 Å². The summed E-state index contributed by atoms with van der Waals surface area (Å²) < 4.78 is 0. The van der Waals surface area contributed by atoms with Crippen LogP contribution in [0.5, 0.6) is 0 Å². The van der Waals surface area contributed by atoms with Crippen molar-refractivity contribution in [2.75, 3.05) is 20.1 Å². The Morgan fingerprint density at radius 3 is 3.00 bits per heavy atom. The van der Waals surface area contributed by atoms with Crippen LogP contribution < -0.4 is 0 Å². The summed E-state index contributed by atoms with van der Waals surface area (Å²) in [5, 5.41) is 8.48. The molecule has 1 rings (SSSR count). The first-order valence-corrected chi connectivity index (χ1v) is 3.35. The smallest absolute Gasteiger partial charge is 0.152 e. The lowest BCUT2D eigenvalue weighted by atomic mass is 9.99. The van der Waals surface area contributed by atoms with E-state index in [1.54, 1.807) is 0 Å². The molecule has 10 heavy (non-hydrogen) atoms. The van der Waals surface area contributed by atoms with Gasteiger partial charge in [-0.25, -0.2) is 0 Å². The molecule has 0 aromatic rings. The molecule has 1 unspecified atom stereocenters. The Balaban J connectivity index is 2.56. The Morgan fingerprint density at radius 1 is 1.80 bits per heavy atom. The first-order valence-electron chi connectivity index (χ1n) is 3.35. The molecule has 1 atom stereocenters. The lowest BCUT2D eigenvalue weighted by Gasteiger charge is -2.23. The molecule has 1 aliphatic rings. The van der Waals surface area contributed by atoms with E-state index in [-0.39, 0.29) is 11.7 Å². The number of piperidine rings is 1. The minimum atomic E-state index is -0.376. The summed E-state index contributed by atoms with van der Waals surface area (Å²) >= 11 is 0. The second-order valence-electron chi connectivity index (χ2n) is 2.66.